The van der Waals surface area contributed by atoms with Crippen molar-refractivity contribution in [2.24, 2.45) is 10.7 Å². The predicted molar refractivity (Wildman–Crippen MR) is 109 cm³/mol. The van der Waals surface area contributed by atoms with Crippen molar-refractivity contribution in [3.8, 4) is 0 Å². The number of guanidine groups is 1. The molecule has 1 aromatic carbocycles. The summed E-state index contributed by atoms with van der Waals surface area (Å²) in [5.41, 5.74) is 8.54. The summed E-state index contributed by atoms with van der Waals surface area (Å²) in [4.78, 5) is 6.64. The maximum atomic E-state index is 5.94. The second kappa shape index (κ2) is 11.6. The Kier molecular flexibility index (Phi) is 11.2. The minimum atomic E-state index is 0. The van der Waals surface area contributed by atoms with Gasteiger partial charge in [-0.3, -0.25) is 4.99 Å². The summed E-state index contributed by atoms with van der Waals surface area (Å²) in [7, 11) is 5.80. The number of nitrogens with zero attached hydrogens (tertiary/aromatic N) is 2. The van der Waals surface area contributed by atoms with E-state index in [9.17, 15) is 0 Å². The minimum absolute atomic E-state index is 0. The van der Waals surface area contributed by atoms with Crippen LogP contribution in [0.25, 0.3) is 0 Å². The number of hydrogen-bond acceptors (Lipinski definition) is 3. The van der Waals surface area contributed by atoms with Gasteiger partial charge in [0.05, 0.1) is 19.2 Å². The number of aliphatic imine (C=N–C) groups is 1. The predicted octanol–water partition coefficient (Wildman–Crippen LogP) is 2.41. The number of aryl methyl sites for hydroxylation is 1. The zero-order chi connectivity index (χ0) is 16.5. The summed E-state index contributed by atoms with van der Waals surface area (Å²) >= 11 is 0. The molecule has 0 heterocycles. The lowest BCUT2D eigenvalue weighted by Crippen LogP contribution is -2.41. The molecule has 1 rings (SSSR count). The summed E-state index contributed by atoms with van der Waals surface area (Å²) in [5, 5.41) is 3.13. The largest absolute Gasteiger partial charge is 0.383 e. The van der Waals surface area contributed by atoms with Gasteiger partial charge in [-0.05, 0) is 38.6 Å². The van der Waals surface area contributed by atoms with Gasteiger partial charge < -0.3 is 20.7 Å². The number of likely N-dealkylation sites (N-methyl/N-ethyl adjacent to an activating group) is 1. The van der Waals surface area contributed by atoms with Crippen LogP contribution in [-0.2, 0) is 11.2 Å². The number of hydrogen-bond donors (Lipinski definition) is 2. The summed E-state index contributed by atoms with van der Waals surface area (Å²) in [6.45, 7) is 5.40. The Bertz CT molecular complexity index is 462. The van der Waals surface area contributed by atoms with Gasteiger partial charge in [0.2, 0.25) is 0 Å². The second-order valence-electron chi connectivity index (χ2n) is 5.80. The van der Waals surface area contributed by atoms with E-state index in [1.165, 1.54) is 11.1 Å². The van der Waals surface area contributed by atoms with E-state index in [-0.39, 0.29) is 36.1 Å². The van der Waals surface area contributed by atoms with Crippen molar-refractivity contribution in [2.45, 2.75) is 32.4 Å². The van der Waals surface area contributed by atoms with Crippen molar-refractivity contribution in [3.63, 3.8) is 0 Å². The topological polar surface area (TPSA) is 62.9 Å². The monoisotopic (exact) mass is 434 g/mol. The van der Waals surface area contributed by atoms with Crippen molar-refractivity contribution in [1.29, 1.82) is 0 Å². The lowest BCUT2D eigenvalue weighted by molar-refractivity contribution is 0.179. The molecule has 132 valence electrons. The van der Waals surface area contributed by atoms with Crippen molar-refractivity contribution in [1.82, 2.24) is 10.2 Å². The molecule has 2 unspecified atom stereocenters. The quantitative estimate of drug-likeness (QED) is 0.375. The molecule has 0 aliphatic carbocycles. The maximum Gasteiger partial charge on any atom is 0.188 e. The molecule has 23 heavy (non-hydrogen) atoms. The van der Waals surface area contributed by atoms with E-state index < -0.39 is 0 Å². The highest BCUT2D eigenvalue weighted by atomic mass is 127. The van der Waals surface area contributed by atoms with Gasteiger partial charge in [-0.2, -0.15) is 0 Å². The molecule has 1 aromatic rings. The summed E-state index contributed by atoms with van der Waals surface area (Å²) in [5.74, 6) is 0.460. The first-order valence-corrected chi connectivity index (χ1v) is 7.78. The van der Waals surface area contributed by atoms with Crippen LogP contribution < -0.4 is 11.1 Å². The Labute approximate surface area is 157 Å². The van der Waals surface area contributed by atoms with E-state index in [2.05, 4.69) is 60.5 Å². The fraction of sp³-hybridized carbons (Fsp3) is 0.588. The fourth-order valence-corrected chi connectivity index (χ4v) is 2.32. The molecular weight excluding hydrogens is 403 g/mol. The van der Waals surface area contributed by atoms with Crippen molar-refractivity contribution in [2.75, 3.05) is 34.4 Å². The normalized spacial score (nSPS) is 14.3. The van der Waals surface area contributed by atoms with E-state index in [1.807, 2.05) is 6.92 Å². The first-order chi connectivity index (χ1) is 10.5. The number of benzene rings is 1. The Morgan fingerprint density at radius 2 is 1.91 bits per heavy atom. The molecule has 0 saturated carbocycles. The molecule has 0 aliphatic heterocycles. The zero-order valence-corrected chi connectivity index (χ0v) is 17.2. The van der Waals surface area contributed by atoms with Gasteiger partial charge in [0.1, 0.15) is 0 Å². The average molecular weight is 434 g/mol. The van der Waals surface area contributed by atoms with Crippen LogP contribution in [0.3, 0.4) is 0 Å². The number of rotatable bonds is 8. The van der Waals surface area contributed by atoms with Crippen LogP contribution in [0.15, 0.2) is 29.3 Å². The molecule has 0 saturated heterocycles. The maximum absolute atomic E-state index is 5.94. The van der Waals surface area contributed by atoms with E-state index >= 15 is 0 Å². The molecule has 0 bridgehead atoms. The number of methoxy groups -OCH3 is 1. The third kappa shape index (κ3) is 7.99. The number of ether oxygens (including phenoxy) is 1. The van der Waals surface area contributed by atoms with Crippen molar-refractivity contribution >= 4 is 29.9 Å². The number of nitrogens with one attached hydrogen (secondary N) is 1. The first-order valence-electron chi connectivity index (χ1n) is 7.78. The summed E-state index contributed by atoms with van der Waals surface area (Å²) in [6, 6.07) is 9.07. The van der Waals surface area contributed by atoms with Crippen molar-refractivity contribution in [3.05, 3.63) is 35.4 Å². The van der Waals surface area contributed by atoms with Crippen LogP contribution in [0.2, 0.25) is 0 Å². The summed E-state index contributed by atoms with van der Waals surface area (Å²) in [6.07, 6.45) is 1.05. The average Bonchev–Trinajstić information content (AvgIpc) is 2.48. The molecule has 0 fully saturated rings. The van der Waals surface area contributed by atoms with Gasteiger partial charge in [0, 0.05) is 13.2 Å². The van der Waals surface area contributed by atoms with Gasteiger partial charge in [-0.15, -0.1) is 24.0 Å². The number of halogens is 1. The van der Waals surface area contributed by atoms with Gasteiger partial charge in [-0.25, -0.2) is 0 Å². The van der Waals surface area contributed by atoms with Crippen LogP contribution in [0, 0.1) is 0 Å². The zero-order valence-electron chi connectivity index (χ0n) is 14.9. The third-order valence-electron chi connectivity index (χ3n) is 3.64. The molecule has 5 nitrogen and oxygen atoms in total. The molecule has 0 aliphatic rings. The van der Waals surface area contributed by atoms with Crippen LogP contribution in [-0.4, -0.2) is 51.3 Å². The van der Waals surface area contributed by atoms with Crippen molar-refractivity contribution < 1.29 is 4.74 Å². The third-order valence-corrected chi connectivity index (χ3v) is 3.64. The highest BCUT2D eigenvalue weighted by Crippen LogP contribution is 2.19. The molecule has 0 radical (unpaired) electrons. The van der Waals surface area contributed by atoms with E-state index in [0.717, 1.165) is 6.42 Å². The lowest BCUT2D eigenvalue weighted by Gasteiger charge is -2.24. The molecule has 3 N–H and O–H groups in total. The Balaban J connectivity index is 0.00000484. The molecule has 0 amide bonds. The molecule has 0 aromatic heterocycles. The van der Waals surface area contributed by atoms with Gasteiger partial charge >= 0.3 is 0 Å². The molecular formula is C17H31IN4O. The molecule has 2 atom stereocenters. The first kappa shape index (κ1) is 22.1. The Hall–Kier alpha value is -0.860. The lowest BCUT2D eigenvalue weighted by atomic mass is 10.0. The minimum Gasteiger partial charge on any atom is -0.383 e. The van der Waals surface area contributed by atoms with E-state index in [4.69, 9.17) is 10.5 Å². The molecule has 0 spiro atoms. The van der Waals surface area contributed by atoms with Crippen LogP contribution in [0.5, 0.6) is 0 Å². The Morgan fingerprint density at radius 1 is 1.30 bits per heavy atom. The van der Waals surface area contributed by atoms with E-state index in [0.29, 0.717) is 19.1 Å². The summed E-state index contributed by atoms with van der Waals surface area (Å²) < 4.78 is 5.08. The highest BCUT2D eigenvalue weighted by molar-refractivity contribution is 14.0. The second-order valence-corrected chi connectivity index (χ2v) is 5.80. The van der Waals surface area contributed by atoms with Gasteiger partial charge in [0.15, 0.2) is 5.96 Å². The van der Waals surface area contributed by atoms with Crippen LogP contribution >= 0.6 is 24.0 Å². The van der Waals surface area contributed by atoms with Gasteiger partial charge in [-0.1, -0.05) is 31.2 Å². The van der Waals surface area contributed by atoms with Crippen LogP contribution in [0.4, 0.5) is 0 Å². The smallest absolute Gasteiger partial charge is 0.188 e. The number of nitrogens with two attached hydrogens (primary N) is 1. The highest BCUT2D eigenvalue weighted by Gasteiger charge is 2.14. The SMILES string of the molecule is CCc1ccc(C(CN=C(N)NC(C)COC)N(C)C)cc1.I. The van der Waals surface area contributed by atoms with E-state index in [1.54, 1.807) is 7.11 Å². The molecule has 6 heteroatoms. The standard InChI is InChI=1S/C17H30N4O.HI/c1-6-14-7-9-15(10-8-14)16(21(3)4)11-19-17(18)20-13(2)12-22-5;/h7-10,13,16H,6,11-12H2,1-5H3,(H3,18,19,20);1H. The van der Waals surface area contributed by atoms with Gasteiger partial charge in [0.25, 0.3) is 0 Å². The van der Waals surface area contributed by atoms with Crippen LogP contribution in [0.1, 0.15) is 31.0 Å². The fourth-order valence-electron chi connectivity index (χ4n) is 2.32. The Morgan fingerprint density at radius 3 is 2.39 bits per heavy atom.